The maximum absolute atomic E-state index is 9.05. The lowest BCUT2D eigenvalue weighted by Gasteiger charge is -2.09. The van der Waals surface area contributed by atoms with Gasteiger partial charge in [-0.25, -0.2) is 0 Å². The van der Waals surface area contributed by atoms with Crippen molar-refractivity contribution in [1.29, 1.82) is 0 Å². The summed E-state index contributed by atoms with van der Waals surface area (Å²) in [5.74, 6) is 0. The number of ether oxygens (including phenoxy) is 4. The van der Waals surface area contributed by atoms with Crippen molar-refractivity contribution in [2.24, 2.45) is 0 Å². The first-order valence-electron chi connectivity index (χ1n) is 8.33. The molecule has 0 aliphatic carbocycles. The molecule has 6 heteroatoms. The Bertz CT molecular complexity index is 365. The molecule has 6 nitrogen and oxygen atoms in total. The summed E-state index contributed by atoms with van der Waals surface area (Å²) in [6.07, 6.45) is -0.880. The smallest absolute Gasteiger partial charge is 0.0745 e. The zero-order valence-corrected chi connectivity index (χ0v) is 14.6. The van der Waals surface area contributed by atoms with Gasteiger partial charge in [0.25, 0.3) is 0 Å². The molecule has 0 heterocycles. The van der Waals surface area contributed by atoms with Gasteiger partial charge in [0, 0.05) is 0 Å². The summed E-state index contributed by atoms with van der Waals surface area (Å²) in [5, 5.41) is 18.1. The maximum Gasteiger partial charge on any atom is 0.0745 e. The van der Waals surface area contributed by atoms with E-state index in [4.69, 9.17) is 29.2 Å². The standard InChI is InChI=1S/C18H30O6/c1-15(19)11-21-7-9-23-13-17-3-5-18(6-4-17)14-24-10-8-22-12-16(2)20/h3-6,15-16,19-20H,7-14H2,1-2H3. The monoisotopic (exact) mass is 342 g/mol. The van der Waals surface area contributed by atoms with E-state index in [1.54, 1.807) is 13.8 Å². The number of hydrogen-bond donors (Lipinski definition) is 2. The van der Waals surface area contributed by atoms with Crippen LogP contribution in [-0.2, 0) is 32.2 Å². The molecule has 0 saturated heterocycles. The second kappa shape index (κ2) is 13.3. The van der Waals surface area contributed by atoms with Crippen molar-refractivity contribution in [1.82, 2.24) is 0 Å². The Hall–Kier alpha value is -1.02. The molecule has 0 saturated carbocycles. The number of rotatable bonds is 14. The van der Waals surface area contributed by atoms with E-state index in [0.29, 0.717) is 52.9 Å². The summed E-state index contributed by atoms with van der Waals surface area (Å²) in [5.41, 5.74) is 2.18. The van der Waals surface area contributed by atoms with E-state index in [-0.39, 0.29) is 0 Å². The molecule has 138 valence electrons. The van der Waals surface area contributed by atoms with Gasteiger partial charge in [0.15, 0.2) is 0 Å². The number of aliphatic hydroxyl groups is 2. The van der Waals surface area contributed by atoms with Crippen LogP contribution in [0.1, 0.15) is 25.0 Å². The van der Waals surface area contributed by atoms with Gasteiger partial charge in [0.05, 0.1) is 65.1 Å². The van der Waals surface area contributed by atoms with Crippen molar-refractivity contribution < 1.29 is 29.2 Å². The molecule has 2 atom stereocenters. The molecule has 1 aromatic rings. The van der Waals surface area contributed by atoms with Crippen LogP contribution in [0.3, 0.4) is 0 Å². The molecule has 0 aromatic heterocycles. The normalized spacial score (nSPS) is 13.8. The lowest BCUT2D eigenvalue weighted by Crippen LogP contribution is -2.13. The van der Waals surface area contributed by atoms with Gasteiger partial charge in [0.1, 0.15) is 0 Å². The van der Waals surface area contributed by atoms with E-state index in [1.807, 2.05) is 24.3 Å². The first-order chi connectivity index (χ1) is 11.6. The quantitative estimate of drug-likeness (QED) is 0.499. The fraction of sp³-hybridized carbons (Fsp3) is 0.667. The number of hydrogen-bond acceptors (Lipinski definition) is 6. The van der Waals surface area contributed by atoms with Crippen LogP contribution in [0.2, 0.25) is 0 Å². The molecule has 1 aromatic carbocycles. The maximum atomic E-state index is 9.05. The summed E-state index contributed by atoms with van der Waals surface area (Å²) in [4.78, 5) is 0. The van der Waals surface area contributed by atoms with Crippen molar-refractivity contribution in [2.75, 3.05) is 39.6 Å². The highest BCUT2D eigenvalue weighted by atomic mass is 16.5. The molecular weight excluding hydrogens is 312 g/mol. The van der Waals surface area contributed by atoms with E-state index in [1.165, 1.54) is 0 Å². The van der Waals surface area contributed by atoms with Gasteiger partial charge in [-0.2, -0.15) is 0 Å². The van der Waals surface area contributed by atoms with Crippen LogP contribution in [0.5, 0.6) is 0 Å². The molecule has 0 aliphatic heterocycles. The van der Waals surface area contributed by atoms with Gasteiger partial charge in [-0.15, -0.1) is 0 Å². The van der Waals surface area contributed by atoms with E-state index >= 15 is 0 Å². The molecule has 0 bridgehead atoms. The molecular formula is C18H30O6. The fourth-order valence-electron chi connectivity index (χ4n) is 1.86. The summed E-state index contributed by atoms with van der Waals surface area (Å²) in [7, 11) is 0. The molecule has 0 aliphatic rings. The zero-order chi connectivity index (χ0) is 17.6. The Kier molecular flexibility index (Phi) is 11.6. The van der Waals surface area contributed by atoms with Crippen LogP contribution >= 0.6 is 0 Å². The largest absolute Gasteiger partial charge is 0.391 e. The molecule has 1 rings (SSSR count). The zero-order valence-electron chi connectivity index (χ0n) is 14.6. The average Bonchev–Trinajstić information content (AvgIpc) is 2.54. The number of aliphatic hydroxyl groups excluding tert-OH is 2. The van der Waals surface area contributed by atoms with Gasteiger partial charge < -0.3 is 29.2 Å². The van der Waals surface area contributed by atoms with E-state index in [9.17, 15) is 0 Å². The Balaban J connectivity index is 2.06. The Morgan fingerprint density at radius 2 is 1.00 bits per heavy atom. The summed E-state index contributed by atoms with van der Waals surface area (Å²) in [6.45, 7) is 7.09. The predicted octanol–water partition coefficient (Wildman–Crippen LogP) is 1.51. The van der Waals surface area contributed by atoms with E-state index < -0.39 is 12.2 Å². The Morgan fingerprint density at radius 3 is 1.33 bits per heavy atom. The van der Waals surface area contributed by atoms with Crippen LogP contribution in [-0.4, -0.2) is 62.1 Å². The third-order valence-electron chi connectivity index (χ3n) is 3.02. The Labute approximate surface area is 144 Å². The van der Waals surface area contributed by atoms with Gasteiger partial charge in [-0.1, -0.05) is 24.3 Å². The van der Waals surface area contributed by atoms with Crippen molar-refractivity contribution in [2.45, 2.75) is 39.3 Å². The highest BCUT2D eigenvalue weighted by molar-refractivity contribution is 5.21. The summed E-state index contributed by atoms with van der Waals surface area (Å²) >= 11 is 0. The highest BCUT2D eigenvalue weighted by Crippen LogP contribution is 2.07. The van der Waals surface area contributed by atoms with Crippen LogP contribution in [0.4, 0.5) is 0 Å². The van der Waals surface area contributed by atoms with Crippen LogP contribution < -0.4 is 0 Å². The van der Waals surface area contributed by atoms with E-state index in [0.717, 1.165) is 11.1 Å². The number of benzene rings is 1. The molecule has 24 heavy (non-hydrogen) atoms. The second-order valence-corrected chi connectivity index (χ2v) is 5.77. The minimum absolute atomic E-state index is 0.335. The fourth-order valence-corrected chi connectivity index (χ4v) is 1.86. The van der Waals surface area contributed by atoms with Crippen molar-refractivity contribution in [3.8, 4) is 0 Å². The van der Waals surface area contributed by atoms with Gasteiger partial charge >= 0.3 is 0 Å². The van der Waals surface area contributed by atoms with Gasteiger partial charge in [0.2, 0.25) is 0 Å². The second-order valence-electron chi connectivity index (χ2n) is 5.77. The third-order valence-corrected chi connectivity index (χ3v) is 3.02. The van der Waals surface area contributed by atoms with Crippen molar-refractivity contribution >= 4 is 0 Å². The average molecular weight is 342 g/mol. The molecule has 0 spiro atoms. The van der Waals surface area contributed by atoms with E-state index in [2.05, 4.69) is 0 Å². The first kappa shape index (κ1) is 21.0. The molecule has 2 N–H and O–H groups in total. The van der Waals surface area contributed by atoms with Gasteiger partial charge in [-0.05, 0) is 25.0 Å². The molecule has 0 amide bonds. The summed E-state index contributed by atoms with van der Waals surface area (Å²) < 4.78 is 21.5. The van der Waals surface area contributed by atoms with Gasteiger partial charge in [-0.3, -0.25) is 0 Å². The topological polar surface area (TPSA) is 77.4 Å². The first-order valence-corrected chi connectivity index (χ1v) is 8.33. The Morgan fingerprint density at radius 1 is 0.667 bits per heavy atom. The van der Waals surface area contributed by atoms with Crippen molar-refractivity contribution in [3.05, 3.63) is 35.4 Å². The lowest BCUT2D eigenvalue weighted by atomic mass is 10.1. The SMILES string of the molecule is CC(O)COCCOCc1ccc(COCCOCC(C)O)cc1. The minimum Gasteiger partial charge on any atom is -0.391 e. The third kappa shape index (κ3) is 11.5. The van der Waals surface area contributed by atoms with Crippen molar-refractivity contribution in [3.63, 3.8) is 0 Å². The van der Waals surface area contributed by atoms with Crippen LogP contribution in [0.15, 0.2) is 24.3 Å². The molecule has 0 radical (unpaired) electrons. The van der Waals surface area contributed by atoms with Crippen LogP contribution in [0, 0.1) is 0 Å². The molecule has 0 fully saturated rings. The summed E-state index contributed by atoms with van der Waals surface area (Å²) in [6, 6.07) is 8.05. The van der Waals surface area contributed by atoms with Crippen LogP contribution in [0.25, 0.3) is 0 Å². The molecule has 2 unspecified atom stereocenters. The minimum atomic E-state index is -0.440. The lowest BCUT2D eigenvalue weighted by molar-refractivity contribution is 0.00513. The highest BCUT2D eigenvalue weighted by Gasteiger charge is 1.99. The predicted molar refractivity (Wildman–Crippen MR) is 90.8 cm³/mol.